The third-order valence-electron chi connectivity index (χ3n) is 7.21. The fourth-order valence-corrected chi connectivity index (χ4v) is 5.83. The number of carbonyl (C=O) groups is 1. The quantitative estimate of drug-likeness (QED) is 0.330. The number of nitrogens with zero attached hydrogens (tertiary/aromatic N) is 2. The Bertz CT molecular complexity index is 1460. The van der Waals surface area contributed by atoms with Crippen LogP contribution in [0.1, 0.15) is 70.9 Å². The lowest BCUT2D eigenvalue weighted by Crippen LogP contribution is -2.28. The van der Waals surface area contributed by atoms with Crippen LogP contribution in [0.2, 0.25) is 0 Å². The number of likely N-dealkylation sites (tertiary alicyclic amines) is 1. The number of halogens is 3. The van der Waals surface area contributed by atoms with Crippen LogP contribution < -0.4 is 5.32 Å². The lowest BCUT2D eigenvalue weighted by atomic mass is 10.0. The van der Waals surface area contributed by atoms with Gasteiger partial charge in [0.2, 0.25) is 0 Å². The number of nitrogens with one attached hydrogen (secondary N) is 1. The molecule has 210 valence electrons. The van der Waals surface area contributed by atoms with E-state index in [4.69, 9.17) is 0 Å². The predicted octanol–water partition coefficient (Wildman–Crippen LogP) is 6.22. The molecule has 0 spiro atoms. The maximum Gasteiger partial charge on any atom is 0.416 e. The smallest absolute Gasteiger partial charge is 0.344 e. The molecule has 40 heavy (non-hydrogen) atoms. The van der Waals surface area contributed by atoms with E-state index in [2.05, 4.69) is 16.3 Å². The SMILES string of the molecule is CCS(=O)(=O)c1ccc(C(CC#N)NC(=O)c2ccc(C3CCCN3Cc3ccc(C(F)(F)F)cc3)cc2)cc1. The monoisotopic (exact) mass is 569 g/mol. The second-order valence-electron chi connectivity index (χ2n) is 9.81. The highest BCUT2D eigenvalue weighted by atomic mass is 32.2. The molecule has 0 radical (unpaired) electrons. The molecule has 2 atom stereocenters. The predicted molar refractivity (Wildman–Crippen MR) is 145 cm³/mol. The number of carbonyl (C=O) groups excluding carboxylic acids is 1. The van der Waals surface area contributed by atoms with Gasteiger partial charge < -0.3 is 5.32 Å². The van der Waals surface area contributed by atoms with E-state index in [0.29, 0.717) is 17.7 Å². The molecule has 3 aromatic rings. The van der Waals surface area contributed by atoms with Crippen molar-refractivity contribution in [1.82, 2.24) is 10.2 Å². The standard InChI is InChI=1S/C30H30F3N3O3S/c1-2-40(38,39)26-15-11-22(12-16-26)27(17-18-34)35-29(37)24-9-7-23(8-10-24)28-4-3-19-36(28)20-21-5-13-25(14-6-21)30(31,32)33/h5-16,27-28H,2-4,17,19-20H2,1H3,(H,35,37). The summed E-state index contributed by atoms with van der Waals surface area (Å²) in [6, 6.07) is 20.2. The van der Waals surface area contributed by atoms with Crippen molar-refractivity contribution in [1.29, 1.82) is 5.26 Å². The summed E-state index contributed by atoms with van der Waals surface area (Å²) in [4.78, 5) is 15.4. The van der Waals surface area contributed by atoms with Crippen LogP contribution in [0.15, 0.2) is 77.7 Å². The van der Waals surface area contributed by atoms with Gasteiger partial charge in [-0.3, -0.25) is 9.69 Å². The Kier molecular flexibility index (Phi) is 8.96. The average molecular weight is 570 g/mol. The number of hydrogen-bond acceptors (Lipinski definition) is 5. The van der Waals surface area contributed by atoms with Gasteiger partial charge in [0.25, 0.3) is 5.91 Å². The van der Waals surface area contributed by atoms with Gasteiger partial charge in [0, 0.05) is 18.2 Å². The summed E-state index contributed by atoms with van der Waals surface area (Å²) in [5.74, 6) is -0.376. The molecular weight excluding hydrogens is 539 g/mol. The minimum atomic E-state index is -4.36. The van der Waals surface area contributed by atoms with Crippen LogP contribution in [0.3, 0.4) is 0 Å². The van der Waals surface area contributed by atoms with Gasteiger partial charge in [0.05, 0.1) is 34.7 Å². The van der Waals surface area contributed by atoms with Crippen molar-refractivity contribution in [2.75, 3.05) is 12.3 Å². The van der Waals surface area contributed by atoms with E-state index >= 15 is 0 Å². The lowest BCUT2D eigenvalue weighted by Gasteiger charge is -2.25. The van der Waals surface area contributed by atoms with Crippen molar-refractivity contribution < 1.29 is 26.4 Å². The topological polar surface area (TPSA) is 90.3 Å². The van der Waals surface area contributed by atoms with Gasteiger partial charge in [-0.05, 0) is 72.5 Å². The van der Waals surface area contributed by atoms with Gasteiger partial charge in [0.1, 0.15) is 0 Å². The molecule has 0 aliphatic carbocycles. The molecular formula is C30H30F3N3O3S. The summed E-state index contributed by atoms with van der Waals surface area (Å²) in [5, 5.41) is 12.2. The molecule has 0 bridgehead atoms. The number of rotatable bonds is 9. The minimum absolute atomic E-state index is 0.0185. The number of alkyl halides is 3. The number of amides is 1. The van der Waals surface area contributed by atoms with Gasteiger partial charge in [0.15, 0.2) is 9.84 Å². The Morgan fingerprint density at radius 3 is 2.27 bits per heavy atom. The molecule has 4 rings (SSSR count). The number of sulfone groups is 1. The molecule has 1 amide bonds. The van der Waals surface area contributed by atoms with Crippen LogP contribution in [0.5, 0.6) is 0 Å². The molecule has 0 aromatic heterocycles. The highest BCUT2D eigenvalue weighted by molar-refractivity contribution is 7.91. The summed E-state index contributed by atoms with van der Waals surface area (Å²) >= 11 is 0. The largest absolute Gasteiger partial charge is 0.416 e. The second-order valence-corrected chi connectivity index (χ2v) is 12.1. The van der Waals surface area contributed by atoms with Crippen LogP contribution >= 0.6 is 0 Å². The Hall–Kier alpha value is -3.68. The van der Waals surface area contributed by atoms with E-state index in [1.807, 2.05) is 12.1 Å². The fraction of sp³-hybridized carbons (Fsp3) is 0.333. The first kappa shape index (κ1) is 29.3. The Morgan fingerprint density at radius 1 is 1.05 bits per heavy atom. The van der Waals surface area contributed by atoms with Crippen LogP contribution in [-0.2, 0) is 22.6 Å². The normalized spacial score (nSPS) is 16.8. The summed E-state index contributed by atoms with van der Waals surface area (Å²) in [5.41, 5.74) is 2.21. The maximum atomic E-state index is 13.0. The summed E-state index contributed by atoms with van der Waals surface area (Å²) in [6.07, 6.45) is -2.48. The van der Waals surface area contributed by atoms with Gasteiger partial charge in [-0.2, -0.15) is 18.4 Å². The van der Waals surface area contributed by atoms with Gasteiger partial charge >= 0.3 is 6.18 Å². The zero-order chi connectivity index (χ0) is 28.9. The van der Waals surface area contributed by atoms with Crippen molar-refractivity contribution in [3.63, 3.8) is 0 Å². The number of nitriles is 1. The summed E-state index contributed by atoms with van der Waals surface area (Å²) < 4.78 is 62.8. The van der Waals surface area contributed by atoms with E-state index in [-0.39, 0.29) is 29.0 Å². The van der Waals surface area contributed by atoms with Gasteiger partial charge in [-0.25, -0.2) is 8.42 Å². The van der Waals surface area contributed by atoms with Crippen molar-refractivity contribution in [3.8, 4) is 6.07 Å². The highest BCUT2D eigenvalue weighted by Gasteiger charge is 2.31. The molecule has 1 aliphatic heterocycles. The number of benzene rings is 3. The van der Waals surface area contributed by atoms with E-state index < -0.39 is 27.6 Å². The van der Waals surface area contributed by atoms with Crippen LogP contribution in [0.4, 0.5) is 13.2 Å². The molecule has 10 heteroatoms. The van der Waals surface area contributed by atoms with Crippen LogP contribution in [0, 0.1) is 11.3 Å². The van der Waals surface area contributed by atoms with Crippen molar-refractivity contribution in [2.45, 2.75) is 55.9 Å². The third kappa shape index (κ3) is 6.90. The Morgan fingerprint density at radius 2 is 1.70 bits per heavy atom. The Balaban J connectivity index is 1.42. The van der Waals surface area contributed by atoms with Crippen LogP contribution in [-0.4, -0.2) is 31.5 Å². The molecule has 1 saturated heterocycles. The average Bonchev–Trinajstić information content (AvgIpc) is 3.40. The molecule has 2 unspecified atom stereocenters. The molecule has 1 heterocycles. The molecule has 1 fully saturated rings. The first-order chi connectivity index (χ1) is 19.0. The number of hydrogen-bond donors (Lipinski definition) is 1. The molecule has 0 saturated carbocycles. The van der Waals surface area contributed by atoms with Gasteiger partial charge in [-0.1, -0.05) is 43.3 Å². The lowest BCUT2D eigenvalue weighted by molar-refractivity contribution is -0.137. The van der Waals surface area contributed by atoms with E-state index in [1.54, 1.807) is 31.2 Å². The first-order valence-corrected chi connectivity index (χ1v) is 14.7. The maximum absolute atomic E-state index is 13.0. The third-order valence-corrected chi connectivity index (χ3v) is 8.96. The molecule has 1 aliphatic rings. The van der Waals surface area contributed by atoms with E-state index in [9.17, 15) is 31.6 Å². The van der Waals surface area contributed by atoms with Crippen molar-refractivity contribution in [2.24, 2.45) is 0 Å². The molecule has 1 N–H and O–H groups in total. The van der Waals surface area contributed by atoms with Crippen molar-refractivity contribution >= 4 is 15.7 Å². The summed E-state index contributed by atoms with van der Waals surface area (Å²) in [7, 11) is -3.36. The van der Waals surface area contributed by atoms with Crippen molar-refractivity contribution in [3.05, 3.63) is 101 Å². The minimum Gasteiger partial charge on any atom is -0.344 e. The zero-order valence-corrected chi connectivity index (χ0v) is 22.8. The van der Waals surface area contributed by atoms with Gasteiger partial charge in [-0.15, -0.1) is 0 Å². The zero-order valence-electron chi connectivity index (χ0n) is 22.0. The highest BCUT2D eigenvalue weighted by Crippen LogP contribution is 2.34. The van der Waals surface area contributed by atoms with Crippen LogP contribution in [0.25, 0.3) is 0 Å². The second kappa shape index (κ2) is 12.2. The summed E-state index contributed by atoms with van der Waals surface area (Å²) in [6.45, 7) is 2.91. The molecule has 3 aromatic carbocycles. The van der Waals surface area contributed by atoms with E-state index in [0.717, 1.165) is 42.6 Å². The van der Waals surface area contributed by atoms with E-state index in [1.165, 1.54) is 24.3 Å². The molecule has 6 nitrogen and oxygen atoms in total. The first-order valence-electron chi connectivity index (χ1n) is 13.0. The Labute approximate surface area is 232 Å². The fourth-order valence-electron chi connectivity index (χ4n) is 4.94.